The van der Waals surface area contributed by atoms with Gasteiger partial charge in [-0.3, -0.25) is 24.0 Å². The third-order valence-corrected chi connectivity index (χ3v) is 5.40. The molecule has 17 heteroatoms. The molecule has 1 aliphatic heterocycles. The number of unbranched alkanes of at least 4 members (excludes halogenated alkanes) is 1. The lowest BCUT2D eigenvalue weighted by Gasteiger charge is -2.45. The van der Waals surface area contributed by atoms with Crippen molar-refractivity contribution in [2.24, 2.45) is 0 Å². The summed E-state index contributed by atoms with van der Waals surface area (Å²) in [4.78, 5) is 65.2. The number of ether oxygens (including phenoxy) is 4. The van der Waals surface area contributed by atoms with E-state index < -0.39 is 54.5 Å². The summed E-state index contributed by atoms with van der Waals surface area (Å²) >= 11 is 3.59. The molecule has 2 amide bonds. The van der Waals surface area contributed by atoms with Gasteiger partial charge in [-0.05, 0) is 12.8 Å². The Morgan fingerprint density at radius 3 is 2.33 bits per heavy atom. The number of thiol groups is 1. The molecule has 2 heterocycles. The Labute approximate surface area is 230 Å². The molecule has 218 valence electrons. The van der Waals surface area contributed by atoms with E-state index in [0.717, 1.165) is 0 Å². The second-order valence-corrected chi connectivity index (χ2v) is 8.83. The number of nitrogens with one attached hydrogen (secondary N) is 3. The van der Waals surface area contributed by atoms with Gasteiger partial charge < -0.3 is 34.4 Å². The Kier molecular flexibility index (Phi) is 13.1. The summed E-state index contributed by atoms with van der Waals surface area (Å²) in [6, 6.07) is -1.03. The fraction of sp³-hybridized carbons (Fsp3) is 0.682. The van der Waals surface area contributed by atoms with Crippen molar-refractivity contribution in [1.29, 1.82) is 0 Å². The van der Waals surface area contributed by atoms with Gasteiger partial charge in [0.15, 0.2) is 18.5 Å². The van der Waals surface area contributed by atoms with E-state index in [-0.39, 0.29) is 32.0 Å². The summed E-state index contributed by atoms with van der Waals surface area (Å²) in [7, 11) is 0. The van der Waals surface area contributed by atoms with Gasteiger partial charge in [-0.2, -0.15) is 0 Å². The van der Waals surface area contributed by atoms with Crippen molar-refractivity contribution in [2.75, 3.05) is 6.61 Å². The highest BCUT2D eigenvalue weighted by Gasteiger charge is 2.51. The van der Waals surface area contributed by atoms with Crippen LogP contribution in [0.15, 0.2) is 6.20 Å². The van der Waals surface area contributed by atoms with Crippen LogP contribution in [0.3, 0.4) is 0 Å². The first-order valence-corrected chi connectivity index (χ1v) is 12.6. The van der Waals surface area contributed by atoms with Crippen LogP contribution in [0.2, 0.25) is 0 Å². The minimum atomic E-state index is -1.17. The fourth-order valence-corrected chi connectivity index (χ4v) is 3.93. The predicted molar refractivity (Wildman–Crippen MR) is 133 cm³/mol. The molecule has 5 atom stereocenters. The van der Waals surface area contributed by atoms with Gasteiger partial charge in [-0.25, -0.2) is 4.68 Å². The molecular formula is C22H34N6O10S. The monoisotopic (exact) mass is 574 g/mol. The summed E-state index contributed by atoms with van der Waals surface area (Å²) in [5, 5.41) is 13.3. The van der Waals surface area contributed by atoms with Crippen LogP contribution in [0.4, 0.5) is 0 Å². The van der Waals surface area contributed by atoms with Crippen molar-refractivity contribution in [3.8, 4) is 0 Å². The normalized spacial score (nSPS) is 22.4. The zero-order chi connectivity index (χ0) is 28.9. The second kappa shape index (κ2) is 16.0. The van der Waals surface area contributed by atoms with Crippen molar-refractivity contribution in [3.63, 3.8) is 0 Å². The number of nitrogens with zero attached hydrogens (tertiary/aromatic N) is 3. The van der Waals surface area contributed by atoms with Crippen LogP contribution in [-0.2, 0) is 60.8 Å². The van der Waals surface area contributed by atoms with Crippen LogP contribution in [0.25, 0.3) is 0 Å². The summed E-state index contributed by atoms with van der Waals surface area (Å²) in [5.41, 5.74) is 0.470. The van der Waals surface area contributed by atoms with Crippen molar-refractivity contribution in [3.05, 3.63) is 11.9 Å². The molecule has 0 spiro atoms. The molecule has 39 heavy (non-hydrogen) atoms. The first kappa shape index (κ1) is 31.9. The quantitative estimate of drug-likeness (QED) is 0.0701. The van der Waals surface area contributed by atoms with E-state index >= 15 is 0 Å². The van der Waals surface area contributed by atoms with E-state index in [0.29, 0.717) is 18.5 Å². The number of amides is 2. The van der Waals surface area contributed by atoms with Gasteiger partial charge in [0, 0.05) is 40.7 Å². The molecule has 1 saturated heterocycles. The lowest BCUT2D eigenvalue weighted by molar-refractivity contribution is -0.274. The first-order chi connectivity index (χ1) is 18.5. The van der Waals surface area contributed by atoms with Crippen LogP contribution < -0.4 is 15.5 Å². The van der Waals surface area contributed by atoms with E-state index in [1.807, 2.05) is 4.89 Å². The molecule has 1 aromatic rings. The third kappa shape index (κ3) is 11.2. The van der Waals surface area contributed by atoms with E-state index in [2.05, 4.69) is 38.6 Å². The standard InChI is InChI=1S/C22H34N6O10S/c1-12(29)23-9-16-10-28(26-25-16)11-17-20(35-14(3)31)21(36-15(4)32)19(24-13(2)30)22(37-17)34-8-6-5-7-18(33)38-27-39/h10,17,19-22,27,39H,5-9,11H2,1-4H3,(H,23,29)(H,24,30)/t17?,19-,20-,21?,22+/m0/s1. The maximum atomic E-state index is 12.0. The smallest absolute Gasteiger partial charge is 0.325 e. The van der Waals surface area contributed by atoms with Gasteiger partial charge >= 0.3 is 17.9 Å². The molecule has 1 aliphatic rings. The summed E-state index contributed by atoms with van der Waals surface area (Å²) in [6.07, 6.45) is -1.84. The average molecular weight is 575 g/mol. The Hall–Kier alpha value is -3.28. The zero-order valence-electron chi connectivity index (χ0n) is 22.1. The largest absolute Gasteiger partial charge is 0.456 e. The highest BCUT2D eigenvalue weighted by atomic mass is 32.1. The van der Waals surface area contributed by atoms with Gasteiger partial charge in [-0.1, -0.05) is 22.9 Å². The van der Waals surface area contributed by atoms with Crippen molar-refractivity contribution >= 4 is 42.5 Å². The van der Waals surface area contributed by atoms with Crippen LogP contribution >= 0.6 is 12.8 Å². The van der Waals surface area contributed by atoms with Crippen LogP contribution in [0.5, 0.6) is 0 Å². The van der Waals surface area contributed by atoms with Gasteiger partial charge in [0.25, 0.3) is 0 Å². The highest BCUT2D eigenvalue weighted by molar-refractivity contribution is 7.77. The number of aromatic nitrogens is 3. The number of esters is 2. The molecule has 0 bridgehead atoms. The highest BCUT2D eigenvalue weighted by Crippen LogP contribution is 2.28. The third-order valence-electron chi connectivity index (χ3n) is 5.31. The number of carbonyl (C=O) groups excluding carboxylic acids is 5. The molecule has 0 aliphatic carbocycles. The second-order valence-electron chi connectivity index (χ2n) is 8.65. The average Bonchev–Trinajstić information content (AvgIpc) is 3.28. The lowest BCUT2D eigenvalue weighted by Crippen LogP contribution is -2.66. The minimum absolute atomic E-state index is 0.00198. The Morgan fingerprint density at radius 2 is 1.72 bits per heavy atom. The van der Waals surface area contributed by atoms with E-state index in [1.54, 1.807) is 6.20 Å². The maximum absolute atomic E-state index is 12.0. The van der Waals surface area contributed by atoms with Gasteiger partial charge in [-0.15, -0.1) is 5.10 Å². The molecular weight excluding hydrogens is 540 g/mol. The SMILES string of the molecule is CC(=O)NCc1cn(CC2O[C@@H](OCCCCC(=O)ONS)[C@@H](NC(C)=O)C(OC(C)=O)[C@H]2OC(C)=O)nn1. The van der Waals surface area contributed by atoms with Crippen LogP contribution in [0, 0.1) is 0 Å². The van der Waals surface area contributed by atoms with Gasteiger partial charge in [0.2, 0.25) is 11.8 Å². The summed E-state index contributed by atoms with van der Waals surface area (Å²) < 4.78 is 24.5. The topological polar surface area (TPSA) is 198 Å². The minimum Gasteiger partial charge on any atom is -0.456 e. The summed E-state index contributed by atoms with van der Waals surface area (Å²) in [6.45, 7) is 5.27. The van der Waals surface area contributed by atoms with Gasteiger partial charge in [0.05, 0.1) is 19.3 Å². The van der Waals surface area contributed by atoms with Crippen LogP contribution in [0.1, 0.15) is 52.7 Å². The Morgan fingerprint density at radius 1 is 1.03 bits per heavy atom. The maximum Gasteiger partial charge on any atom is 0.325 e. The fourth-order valence-electron chi connectivity index (χ4n) is 3.83. The van der Waals surface area contributed by atoms with E-state index in [9.17, 15) is 24.0 Å². The molecule has 1 aromatic heterocycles. The molecule has 0 saturated carbocycles. The number of hydrogen-bond donors (Lipinski definition) is 4. The molecule has 2 rings (SSSR count). The van der Waals surface area contributed by atoms with E-state index in [4.69, 9.17) is 18.9 Å². The summed E-state index contributed by atoms with van der Waals surface area (Å²) in [5.74, 6) is -2.55. The molecule has 0 radical (unpaired) electrons. The molecule has 0 aromatic carbocycles. The van der Waals surface area contributed by atoms with Crippen molar-refractivity contribution < 1.29 is 47.8 Å². The molecule has 3 N–H and O–H groups in total. The molecule has 2 unspecified atom stereocenters. The van der Waals surface area contributed by atoms with Crippen molar-refractivity contribution in [2.45, 2.75) is 90.7 Å². The first-order valence-electron chi connectivity index (χ1n) is 12.1. The Balaban J connectivity index is 2.25. The predicted octanol–water partition coefficient (Wildman–Crippen LogP) is -0.913. The number of hydrogen-bond acceptors (Lipinski definition) is 14. The number of carbonyl (C=O) groups is 5. The number of rotatable bonds is 14. The lowest BCUT2D eigenvalue weighted by atomic mass is 9.95. The zero-order valence-corrected chi connectivity index (χ0v) is 23.0. The molecule has 1 fully saturated rings. The molecule has 16 nitrogen and oxygen atoms in total. The van der Waals surface area contributed by atoms with Crippen molar-refractivity contribution in [1.82, 2.24) is 30.5 Å². The Bertz CT molecular complexity index is 1010. The van der Waals surface area contributed by atoms with E-state index in [1.165, 1.54) is 32.4 Å². The van der Waals surface area contributed by atoms with Crippen LogP contribution in [-0.4, -0.2) is 82.0 Å². The van der Waals surface area contributed by atoms with Gasteiger partial charge in [0.1, 0.15) is 17.8 Å².